The van der Waals surface area contributed by atoms with Crippen molar-refractivity contribution in [2.24, 2.45) is 0 Å². The summed E-state index contributed by atoms with van der Waals surface area (Å²) in [6, 6.07) is 7.91. The molecule has 0 saturated carbocycles. The minimum Gasteiger partial charge on any atom is -0.493 e. The van der Waals surface area contributed by atoms with Crippen molar-refractivity contribution in [3.8, 4) is 23.1 Å². The summed E-state index contributed by atoms with van der Waals surface area (Å²) in [7, 11) is 3.35. The number of hydrogen-bond acceptors (Lipinski definition) is 9. The Labute approximate surface area is 215 Å². The predicted molar refractivity (Wildman–Crippen MR) is 138 cm³/mol. The average Bonchev–Trinajstić information content (AvgIpc) is 3.58. The lowest BCUT2D eigenvalue weighted by molar-refractivity contribution is -0.00584. The van der Waals surface area contributed by atoms with Gasteiger partial charge in [0.15, 0.2) is 22.9 Å². The monoisotopic (exact) mass is 504 g/mol. The fraction of sp³-hybridized carbons (Fsp3) is 0.444. The Morgan fingerprint density at radius 1 is 1.05 bits per heavy atom. The van der Waals surface area contributed by atoms with Gasteiger partial charge in [-0.15, -0.1) is 5.10 Å². The molecule has 10 heteroatoms. The highest BCUT2D eigenvalue weighted by Crippen LogP contribution is 2.34. The van der Waals surface area contributed by atoms with Crippen LogP contribution in [0.1, 0.15) is 30.5 Å². The van der Waals surface area contributed by atoms with Crippen LogP contribution in [0.25, 0.3) is 17.2 Å². The Hall–Kier alpha value is -3.63. The molecular weight excluding hydrogens is 472 g/mol. The van der Waals surface area contributed by atoms with E-state index in [1.54, 1.807) is 20.5 Å². The minimum atomic E-state index is 0.109. The van der Waals surface area contributed by atoms with Crippen LogP contribution in [0.3, 0.4) is 0 Å². The number of hydrogen-bond donors (Lipinski definition) is 0. The lowest BCUT2D eigenvalue weighted by Gasteiger charge is -2.36. The molecule has 3 aromatic heterocycles. The summed E-state index contributed by atoms with van der Waals surface area (Å²) in [5, 5.41) is 4.83. The average molecular weight is 505 g/mol. The van der Waals surface area contributed by atoms with Gasteiger partial charge in [0.2, 0.25) is 11.8 Å². The number of aromatic nitrogens is 4. The third-order valence-electron chi connectivity index (χ3n) is 7.05. The van der Waals surface area contributed by atoms with Gasteiger partial charge in [-0.1, -0.05) is 0 Å². The van der Waals surface area contributed by atoms with Crippen molar-refractivity contribution in [1.29, 1.82) is 0 Å². The third-order valence-corrected chi connectivity index (χ3v) is 7.05. The standard InChI is InChI=1S/C27H32N6O4/c1-17-13-32(14-18(2)37-17)27-28-12-21(26-29-25(30-33(26)27)22-6-5-9-36-22)16-31-8-7-19-10-23(34-3)24(35-4)11-20(19)15-31/h5-6,9-12,17-18H,7-8,13-16H2,1-4H3. The van der Waals surface area contributed by atoms with Gasteiger partial charge < -0.3 is 23.5 Å². The van der Waals surface area contributed by atoms with E-state index in [1.165, 1.54) is 11.1 Å². The first kappa shape index (κ1) is 23.7. The van der Waals surface area contributed by atoms with E-state index < -0.39 is 0 Å². The maximum Gasteiger partial charge on any atom is 0.228 e. The normalized spacial score (nSPS) is 20.3. The van der Waals surface area contributed by atoms with Crippen molar-refractivity contribution in [3.05, 3.63) is 53.4 Å². The maximum atomic E-state index is 5.94. The summed E-state index contributed by atoms with van der Waals surface area (Å²) in [4.78, 5) is 14.4. The van der Waals surface area contributed by atoms with Crippen LogP contribution in [-0.4, -0.2) is 70.5 Å². The molecule has 2 atom stereocenters. The molecule has 2 unspecified atom stereocenters. The number of methoxy groups -OCH3 is 2. The van der Waals surface area contributed by atoms with Crippen molar-refractivity contribution >= 4 is 11.6 Å². The molecule has 1 saturated heterocycles. The predicted octanol–water partition coefficient (Wildman–Crippen LogP) is 3.57. The number of nitrogens with zero attached hydrogens (tertiary/aromatic N) is 6. The van der Waals surface area contributed by atoms with E-state index in [4.69, 9.17) is 33.7 Å². The quantitative estimate of drug-likeness (QED) is 0.391. The molecule has 2 aliphatic heterocycles. The molecular formula is C27H32N6O4. The van der Waals surface area contributed by atoms with Crippen molar-refractivity contribution < 1.29 is 18.6 Å². The van der Waals surface area contributed by atoms with Gasteiger partial charge in [-0.05, 0) is 55.7 Å². The van der Waals surface area contributed by atoms with Gasteiger partial charge in [-0.25, -0.2) is 9.97 Å². The summed E-state index contributed by atoms with van der Waals surface area (Å²) in [5.74, 6) is 3.49. The number of fused-ring (bicyclic) bond motifs is 2. The Morgan fingerprint density at radius 3 is 2.51 bits per heavy atom. The molecule has 1 aromatic carbocycles. The first-order valence-corrected chi connectivity index (χ1v) is 12.7. The second-order valence-corrected chi connectivity index (χ2v) is 9.83. The van der Waals surface area contributed by atoms with Crippen LogP contribution in [-0.2, 0) is 24.2 Å². The maximum absolute atomic E-state index is 5.94. The van der Waals surface area contributed by atoms with Gasteiger partial charge in [0, 0.05) is 44.5 Å². The van der Waals surface area contributed by atoms with Gasteiger partial charge in [0.05, 0.1) is 32.7 Å². The summed E-state index contributed by atoms with van der Waals surface area (Å²) < 4.78 is 24.5. The van der Waals surface area contributed by atoms with Gasteiger partial charge in [0.25, 0.3) is 0 Å². The highest BCUT2D eigenvalue weighted by Gasteiger charge is 2.28. The van der Waals surface area contributed by atoms with Crippen LogP contribution in [0.15, 0.2) is 41.1 Å². The van der Waals surface area contributed by atoms with Crippen LogP contribution in [0.5, 0.6) is 11.5 Å². The summed E-state index contributed by atoms with van der Waals surface area (Å²) in [5.41, 5.74) is 4.36. The molecule has 0 aliphatic carbocycles. The number of benzene rings is 1. The molecule has 2 aliphatic rings. The van der Waals surface area contributed by atoms with Crippen LogP contribution in [0, 0.1) is 0 Å². The SMILES string of the molecule is COc1cc2c(cc1OC)CN(Cc1cnc(N3CC(C)OC(C)C3)n3nc(-c4ccco4)nc13)CC2. The lowest BCUT2D eigenvalue weighted by Crippen LogP contribution is -2.46. The number of anilines is 1. The van der Waals surface area contributed by atoms with Gasteiger partial charge in [-0.2, -0.15) is 4.52 Å². The van der Waals surface area contributed by atoms with Crippen molar-refractivity contribution in [3.63, 3.8) is 0 Å². The highest BCUT2D eigenvalue weighted by atomic mass is 16.5. The van der Waals surface area contributed by atoms with Crippen LogP contribution in [0.2, 0.25) is 0 Å². The third kappa shape index (κ3) is 4.51. The first-order valence-electron chi connectivity index (χ1n) is 12.7. The lowest BCUT2D eigenvalue weighted by atomic mass is 9.98. The van der Waals surface area contributed by atoms with Gasteiger partial charge >= 0.3 is 0 Å². The van der Waals surface area contributed by atoms with Crippen molar-refractivity contribution in [2.75, 3.05) is 38.8 Å². The molecule has 0 spiro atoms. The Kier molecular flexibility index (Phi) is 6.21. The molecule has 1 fully saturated rings. The number of furan rings is 1. The molecule has 6 rings (SSSR count). The fourth-order valence-corrected chi connectivity index (χ4v) is 5.40. The molecule has 0 radical (unpaired) electrons. The minimum absolute atomic E-state index is 0.109. The Morgan fingerprint density at radius 2 is 1.81 bits per heavy atom. The number of rotatable bonds is 6. The van der Waals surface area contributed by atoms with Gasteiger partial charge in [-0.3, -0.25) is 4.90 Å². The molecule has 37 heavy (non-hydrogen) atoms. The highest BCUT2D eigenvalue weighted by molar-refractivity contribution is 5.58. The summed E-state index contributed by atoms with van der Waals surface area (Å²) in [6.45, 7) is 8.10. The number of ether oxygens (including phenoxy) is 3. The van der Waals surface area contributed by atoms with E-state index in [-0.39, 0.29) is 12.2 Å². The zero-order valence-electron chi connectivity index (χ0n) is 21.7. The van der Waals surface area contributed by atoms with Crippen molar-refractivity contribution in [2.45, 2.75) is 45.6 Å². The molecule has 10 nitrogen and oxygen atoms in total. The number of morpholine rings is 1. The smallest absolute Gasteiger partial charge is 0.228 e. The van der Waals surface area contributed by atoms with E-state index in [2.05, 4.69) is 35.8 Å². The van der Waals surface area contributed by atoms with E-state index >= 15 is 0 Å². The molecule has 0 bridgehead atoms. The second-order valence-electron chi connectivity index (χ2n) is 9.83. The van der Waals surface area contributed by atoms with E-state index in [1.807, 2.05) is 22.8 Å². The topological polar surface area (TPSA) is 90.4 Å². The van der Waals surface area contributed by atoms with E-state index in [0.717, 1.165) is 61.3 Å². The van der Waals surface area contributed by atoms with E-state index in [0.29, 0.717) is 18.1 Å². The summed E-state index contributed by atoms with van der Waals surface area (Å²) in [6.07, 6.45) is 4.74. The van der Waals surface area contributed by atoms with E-state index in [9.17, 15) is 0 Å². The fourth-order valence-electron chi connectivity index (χ4n) is 5.40. The molecule has 5 heterocycles. The first-order chi connectivity index (χ1) is 18.0. The zero-order chi connectivity index (χ0) is 25.5. The largest absolute Gasteiger partial charge is 0.493 e. The molecule has 194 valence electrons. The molecule has 0 N–H and O–H groups in total. The Bertz CT molecular complexity index is 1390. The molecule has 4 aromatic rings. The second kappa shape index (κ2) is 9.68. The van der Waals surface area contributed by atoms with Crippen molar-refractivity contribution in [1.82, 2.24) is 24.5 Å². The van der Waals surface area contributed by atoms with Crippen LogP contribution >= 0.6 is 0 Å². The van der Waals surface area contributed by atoms with Crippen LogP contribution < -0.4 is 14.4 Å². The Balaban J connectivity index is 1.34. The van der Waals surface area contributed by atoms with Gasteiger partial charge in [0.1, 0.15) is 0 Å². The summed E-state index contributed by atoms with van der Waals surface area (Å²) >= 11 is 0. The van der Waals surface area contributed by atoms with Crippen LogP contribution in [0.4, 0.5) is 5.95 Å². The zero-order valence-corrected chi connectivity index (χ0v) is 21.7. The molecule has 0 amide bonds.